The van der Waals surface area contributed by atoms with Gasteiger partial charge in [0.15, 0.2) is 0 Å². The molecule has 0 aliphatic carbocycles. The van der Waals surface area contributed by atoms with Crippen LogP contribution in [0.1, 0.15) is 5.56 Å². The maximum Gasteiger partial charge on any atom is 0.0614 e. The van der Waals surface area contributed by atoms with Crippen LogP contribution >= 0.6 is 0 Å². The lowest BCUT2D eigenvalue weighted by Gasteiger charge is -2.24. The van der Waals surface area contributed by atoms with Gasteiger partial charge in [0.2, 0.25) is 0 Å². The fourth-order valence-electron chi connectivity index (χ4n) is 1.36. The van der Waals surface area contributed by atoms with Gasteiger partial charge in [0, 0.05) is 7.59 Å². The quantitative estimate of drug-likeness (QED) is 0.655. The lowest BCUT2D eigenvalue weighted by molar-refractivity contribution is 1.49. The van der Waals surface area contributed by atoms with Crippen LogP contribution in [-0.2, 0) is 0 Å². The van der Waals surface area contributed by atoms with Gasteiger partial charge in [-0.1, -0.05) is 61.2 Å². The van der Waals surface area contributed by atoms with E-state index in [1.54, 1.807) is 5.19 Å². The molecule has 0 radical (unpaired) electrons. The summed E-state index contributed by atoms with van der Waals surface area (Å²) in [7, 11) is -1.51. The average molecular weight is 208 g/mol. The van der Waals surface area contributed by atoms with E-state index >= 15 is 0 Å². The summed E-state index contributed by atoms with van der Waals surface area (Å²) in [6.07, 6.45) is 0. The lowest BCUT2D eigenvalue weighted by Crippen LogP contribution is -2.49. The molecule has 0 fully saturated rings. The first-order chi connectivity index (χ1) is 5.91. The first kappa shape index (κ1) is 10.7. The van der Waals surface area contributed by atoms with Crippen LogP contribution in [0.2, 0.25) is 26.2 Å². The Morgan fingerprint density at radius 2 is 1.46 bits per heavy atom. The van der Waals surface area contributed by atoms with Crippen molar-refractivity contribution in [3.8, 4) is 0 Å². The third-order valence-electron chi connectivity index (χ3n) is 2.88. The number of hydrogen-bond acceptors (Lipinski definition) is 0. The van der Waals surface area contributed by atoms with Crippen molar-refractivity contribution >= 4 is 21.1 Å². The molecular weight excluding hydrogens is 188 g/mol. The summed E-state index contributed by atoms with van der Waals surface area (Å²) in [6.45, 7) is 12.1. The SMILES string of the molecule is Cc1ccc([SiH](C)[Si](C)(C)C)cc1. The minimum absolute atomic E-state index is 0.630. The van der Waals surface area contributed by atoms with Gasteiger partial charge in [0.25, 0.3) is 0 Å². The molecule has 1 unspecified atom stereocenters. The minimum Gasteiger partial charge on any atom is -0.0714 e. The molecule has 1 aromatic rings. The van der Waals surface area contributed by atoms with Crippen LogP contribution < -0.4 is 5.19 Å². The Hall–Kier alpha value is -0.346. The predicted molar refractivity (Wildman–Crippen MR) is 67.2 cm³/mol. The van der Waals surface area contributed by atoms with Crippen LogP contribution in [0.3, 0.4) is 0 Å². The number of aryl methyl sites for hydroxylation is 1. The van der Waals surface area contributed by atoms with Crippen molar-refractivity contribution < 1.29 is 0 Å². The molecule has 0 N–H and O–H groups in total. The van der Waals surface area contributed by atoms with Gasteiger partial charge in [-0.2, -0.15) is 0 Å². The van der Waals surface area contributed by atoms with Gasteiger partial charge in [-0.25, -0.2) is 0 Å². The Labute approximate surface area is 84.4 Å². The van der Waals surface area contributed by atoms with Crippen LogP contribution in [0, 0.1) is 6.92 Å². The normalized spacial score (nSPS) is 14.2. The Kier molecular flexibility index (Phi) is 3.14. The Morgan fingerprint density at radius 3 is 1.85 bits per heavy atom. The van der Waals surface area contributed by atoms with Gasteiger partial charge in [-0.05, 0) is 6.92 Å². The fourth-order valence-corrected chi connectivity index (χ4v) is 6.70. The third-order valence-corrected chi connectivity index (χ3v) is 15.7. The second-order valence-electron chi connectivity index (χ2n) is 5.00. The van der Waals surface area contributed by atoms with E-state index in [2.05, 4.69) is 57.4 Å². The minimum atomic E-state index is -0.880. The largest absolute Gasteiger partial charge is 0.0714 e. The van der Waals surface area contributed by atoms with Crippen molar-refractivity contribution in [2.45, 2.75) is 33.1 Å². The average Bonchev–Trinajstić information content (AvgIpc) is 2.03. The summed E-state index contributed by atoms with van der Waals surface area (Å²) < 4.78 is 0. The molecule has 1 atom stereocenters. The van der Waals surface area contributed by atoms with E-state index in [0.29, 0.717) is 0 Å². The van der Waals surface area contributed by atoms with Crippen molar-refractivity contribution in [1.82, 2.24) is 0 Å². The van der Waals surface area contributed by atoms with Gasteiger partial charge in [-0.3, -0.25) is 0 Å². The van der Waals surface area contributed by atoms with Crippen molar-refractivity contribution in [3.63, 3.8) is 0 Å². The molecule has 0 amide bonds. The Morgan fingerprint density at radius 1 is 1.00 bits per heavy atom. The number of benzene rings is 1. The maximum atomic E-state index is 2.50. The van der Waals surface area contributed by atoms with Gasteiger partial charge < -0.3 is 0 Å². The molecule has 0 saturated heterocycles. The van der Waals surface area contributed by atoms with E-state index in [4.69, 9.17) is 0 Å². The third kappa shape index (κ3) is 2.81. The molecule has 0 spiro atoms. The monoisotopic (exact) mass is 208 g/mol. The molecule has 0 saturated carbocycles. The first-order valence-corrected chi connectivity index (χ1v) is 12.0. The van der Waals surface area contributed by atoms with Gasteiger partial charge in [0.05, 0.1) is 8.31 Å². The standard InChI is InChI=1S/C11H20Si2/c1-10-6-8-11(9-7-10)12(2)13(3,4)5/h6-9,12H,1-5H3. The van der Waals surface area contributed by atoms with Gasteiger partial charge in [-0.15, -0.1) is 0 Å². The summed E-state index contributed by atoms with van der Waals surface area (Å²) in [5.41, 5.74) is 1.38. The van der Waals surface area contributed by atoms with Crippen LogP contribution in [-0.4, -0.2) is 15.9 Å². The summed E-state index contributed by atoms with van der Waals surface area (Å²) in [4.78, 5) is 0. The number of hydrogen-bond donors (Lipinski definition) is 0. The molecular formula is C11H20Si2. The lowest BCUT2D eigenvalue weighted by atomic mass is 10.2. The van der Waals surface area contributed by atoms with Crippen molar-refractivity contribution in [2.24, 2.45) is 0 Å². The molecule has 0 bridgehead atoms. The van der Waals surface area contributed by atoms with E-state index in [9.17, 15) is 0 Å². The van der Waals surface area contributed by atoms with E-state index in [1.807, 2.05) is 0 Å². The molecule has 0 heterocycles. The molecule has 0 aliphatic rings. The van der Waals surface area contributed by atoms with Crippen LogP contribution in [0.4, 0.5) is 0 Å². The summed E-state index contributed by atoms with van der Waals surface area (Å²) in [5, 5.41) is 1.64. The second-order valence-corrected chi connectivity index (χ2v) is 19.6. The molecule has 72 valence electrons. The van der Waals surface area contributed by atoms with Gasteiger partial charge >= 0.3 is 0 Å². The van der Waals surface area contributed by atoms with Crippen molar-refractivity contribution in [2.75, 3.05) is 0 Å². The molecule has 13 heavy (non-hydrogen) atoms. The highest BCUT2D eigenvalue weighted by Crippen LogP contribution is 2.07. The highest BCUT2D eigenvalue weighted by molar-refractivity contribution is 7.35. The molecule has 1 rings (SSSR count). The predicted octanol–water partition coefficient (Wildman–Crippen LogP) is 2.48. The van der Waals surface area contributed by atoms with E-state index in [1.165, 1.54) is 5.56 Å². The summed E-state index contributed by atoms with van der Waals surface area (Å²) in [6, 6.07) is 9.17. The maximum absolute atomic E-state index is 2.50. The highest BCUT2D eigenvalue weighted by atomic mass is 29.2. The van der Waals surface area contributed by atoms with Crippen LogP contribution in [0.25, 0.3) is 0 Å². The Bertz CT molecular complexity index is 269. The molecule has 0 aliphatic heterocycles. The number of rotatable bonds is 2. The molecule has 0 nitrogen and oxygen atoms in total. The van der Waals surface area contributed by atoms with Crippen molar-refractivity contribution in [1.29, 1.82) is 0 Å². The molecule has 0 aromatic heterocycles. The van der Waals surface area contributed by atoms with Gasteiger partial charge in [0.1, 0.15) is 0 Å². The summed E-state index contributed by atoms with van der Waals surface area (Å²) >= 11 is 0. The topological polar surface area (TPSA) is 0 Å². The molecule has 2 heteroatoms. The zero-order chi connectivity index (χ0) is 10.1. The first-order valence-electron chi connectivity index (χ1n) is 4.98. The van der Waals surface area contributed by atoms with Crippen molar-refractivity contribution in [3.05, 3.63) is 29.8 Å². The van der Waals surface area contributed by atoms with E-state index < -0.39 is 15.9 Å². The second kappa shape index (κ2) is 3.80. The van der Waals surface area contributed by atoms with E-state index in [-0.39, 0.29) is 0 Å². The smallest absolute Gasteiger partial charge is 0.0614 e. The zero-order valence-corrected chi connectivity index (χ0v) is 11.5. The molecule has 1 aromatic carbocycles. The van der Waals surface area contributed by atoms with Crippen LogP contribution in [0.5, 0.6) is 0 Å². The van der Waals surface area contributed by atoms with Crippen LogP contribution in [0.15, 0.2) is 24.3 Å². The van der Waals surface area contributed by atoms with E-state index in [0.717, 1.165) is 0 Å². The Balaban J connectivity index is 2.90. The fraction of sp³-hybridized carbons (Fsp3) is 0.455. The zero-order valence-electron chi connectivity index (χ0n) is 9.39. The highest BCUT2D eigenvalue weighted by Gasteiger charge is 2.24. The summed E-state index contributed by atoms with van der Waals surface area (Å²) in [5.74, 6) is 0.